The van der Waals surface area contributed by atoms with Gasteiger partial charge in [0.05, 0.1) is 137 Å². The fraction of sp³-hybridized carbons (Fsp3) is 0.700. The van der Waals surface area contributed by atoms with Crippen LogP contribution in [0.25, 0.3) is 0 Å². The standard InChI is InChI=1S/C30H48N6O11/c37-4-7-40-9-11-42-13-15-44-17-19-46-21-20-45-18-16-43-14-12-41-10-8-39-6-3-36-25-29(34-35-36)24-33-30(38)26-47-5-1-2-28-22-31-27-32-23-28/h22-23,25,27,37H,3-21,24,26H2,(H,33,38)/i27T. The average molecular weight is 671 g/mol. The van der Waals surface area contributed by atoms with E-state index in [1.165, 1.54) is 12.4 Å². The van der Waals surface area contributed by atoms with Gasteiger partial charge < -0.3 is 53.1 Å². The molecule has 0 atom stereocenters. The Bertz CT molecular complexity index is 1120. The Hall–Kier alpha value is -3.15. The lowest BCUT2D eigenvalue weighted by Gasteiger charge is -2.08. The van der Waals surface area contributed by atoms with Gasteiger partial charge in [0, 0.05) is 12.4 Å². The van der Waals surface area contributed by atoms with Gasteiger partial charge in [-0.15, -0.1) is 5.10 Å². The third kappa shape index (κ3) is 24.7. The van der Waals surface area contributed by atoms with Crippen LogP contribution >= 0.6 is 0 Å². The van der Waals surface area contributed by atoms with Crippen LogP contribution < -0.4 is 5.32 Å². The molecule has 47 heavy (non-hydrogen) atoms. The number of nitrogens with one attached hydrogen (secondary N) is 1. The van der Waals surface area contributed by atoms with Crippen LogP contribution in [0.4, 0.5) is 0 Å². The lowest BCUT2D eigenvalue weighted by molar-refractivity contribution is -0.125. The number of aliphatic hydroxyl groups is 1. The van der Waals surface area contributed by atoms with Gasteiger partial charge in [-0.3, -0.25) is 4.79 Å². The molecule has 0 fully saturated rings. The van der Waals surface area contributed by atoms with E-state index in [0.29, 0.717) is 124 Å². The molecule has 2 aromatic heterocycles. The Balaban J connectivity index is 1.28. The van der Waals surface area contributed by atoms with Crippen molar-refractivity contribution in [1.82, 2.24) is 30.3 Å². The highest BCUT2D eigenvalue weighted by Crippen LogP contribution is 1.94. The van der Waals surface area contributed by atoms with Crippen LogP contribution in [-0.4, -0.2) is 162 Å². The molecule has 2 aromatic rings. The van der Waals surface area contributed by atoms with Gasteiger partial charge in [0.25, 0.3) is 0 Å². The molecular formula is C30H48N6O11. The highest BCUT2D eigenvalue weighted by molar-refractivity contribution is 5.77. The van der Waals surface area contributed by atoms with E-state index in [1.807, 2.05) is 0 Å². The summed E-state index contributed by atoms with van der Waals surface area (Å²) >= 11 is 0. The number of carbonyl (C=O) groups excluding carboxylic acids is 1. The topological polar surface area (TPSA) is 189 Å². The van der Waals surface area contributed by atoms with E-state index in [1.54, 1.807) is 10.9 Å². The summed E-state index contributed by atoms with van der Waals surface area (Å²) in [6.07, 6.45) is 4.56. The lowest BCUT2D eigenvalue weighted by Crippen LogP contribution is -2.27. The summed E-state index contributed by atoms with van der Waals surface area (Å²) < 4.78 is 57.3. The summed E-state index contributed by atoms with van der Waals surface area (Å²) in [5.41, 5.74) is 1.18. The maximum Gasteiger partial charge on any atom is 0.246 e. The maximum atomic E-state index is 11.9. The second-order valence-corrected chi connectivity index (χ2v) is 9.24. The van der Waals surface area contributed by atoms with Crippen molar-refractivity contribution in [3.63, 3.8) is 0 Å². The van der Waals surface area contributed by atoms with E-state index in [4.69, 9.17) is 49.1 Å². The minimum atomic E-state index is -0.299. The Labute approximate surface area is 276 Å². The first-order valence-corrected chi connectivity index (χ1v) is 15.4. The molecule has 2 rings (SSSR count). The summed E-state index contributed by atoms with van der Waals surface area (Å²) in [6.45, 7) is 8.08. The second kappa shape index (κ2) is 30.2. The van der Waals surface area contributed by atoms with E-state index >= 15 is 0 Å². The first-order chi connectivity index (χ1) is 23.7. The number of hydrogen-bond donors (Lipinski definition) is 2. The van der Waals surface area contributed by atoms with Crippen molar-refractivity contribution in [2.75, 3.05) is 126 Å². The number of rotatable bonds is 31. The zero-order chi connectivity index (χ0) is 34.2. The number of nitrogens with zero attached hydrogens (tertiary/aromatic N) is 5. The van der Waals surface area contributed by atoms with Gasteiger partial charge in [-0.1, -0.05) is 17.1 Å². The molecule has 0 bridgehead atoms. The van der Waals surface area contributed by atoms with E-state index in [-0.39, 0.29) is 38.6 Å². The van der Waals surface area contributed by atoms with Gasteiger partial charge in [0.1, 0.15) is 26.6 Å². The van der Waals surface area contributed by atoms with Crippen LogP contribution in [0.3, 0.4) is 0 Å². The van der Waals surface area contributed by atoms with Crippen molar-refractivity contribution >= 4 is 5.91 Å². The van der Waals surface area contributed by atoms with Crippen LogP contribution in [0.5, 0.6) is 0 Å². The van der Waals surface area contributed by atoms with Crippen LogP contribution in [0.1, 0.15) is 12.6 Å². The minimum Gasteiger partial charge on any atom is -0.394 e. The van der Waals surface area contributed by atoms with E-state index in [0.717, 1.165) is 0 Å². The highest BCUT2D eigenvalue weighted by atomic mass is 16.6. The Kier molecular flexibility index (Phi) is 24.6. The van der Waals surface area contributed by atoms with Gasteiger partial charge in [-0.25, -0.2) is 14.6 Å². The zero-order valence-corrected chi connectivity index (χ0v) is 26.8. The Morgan fingerprint density at radius 2 is 1.23 bits per heavy atom. The summed E-state index contributed by atoms with van der Waals surface area (Å²) in [5.74, 6) is 5.25. The van der Waals surface area contributed by atoms with Crippen LogP contribution in [0.2, 0.25) is 0 Å². The fourth-order valence-electron chi connectivity index (χ4n) is 3.29. The van der Waals surface area contributed by atoms with Gasteiger partial charge in [0.2, 0.25) is 5.91 Å². The number of amides is 1. The maximum absolute atomic E-state index is 11.9. The monoisotopic (exact) mass is 670 g/mol. The van der Waals surface area contributed by atoms with Gasteiger partial charge >= 0.3 is 0 Å². The van der Waals surface area contributed by atoms with Gasteiger partial charge in [0.15, 0.2) is 0 Å². The summed E-state index contributed by atoms with van der Waals surface area (Å²) in [6, 6.07) is 0. The number of aliphatic hydroxyl groups excluding tert-OH is 1. The molecule has 1 amide bonds. The number of ether oxygens (including phenoxy) is 9. The second-order valence-electron chi connectivity index (χ2n) is 9.24. The quantitative estimate of drug-likeness (QED) is 0.0724. The molecule has 0 radical (unpaired) electrons. The molecule has 0 aliphatic carbocycles. The van der Waals surface area contributed by atoms with E-state index < -0.39 is 0 Å². The molecule has 0 saturated carbocycles. The van der Waals surface area contributed by atoms with Crippen molar-refractivity contribution in [2.45, 2.75) is 13.1 Å². The molecule has 0 aromatic carbocycles. The Morgan fingerprint density at radius 1 is 0.745 bits per heavy atom. The van der Waals surface area contributed by atoms with Gasteiger partial charge in [-0.05, 0) is 0 Å². The highest BCUT2D eigenvalue weighted by Gasteiger charge is 2.05. The predicted molar refractivity (Wildman–Crippen MR) is 165 cm³/mol. The van der Waals surface area contributed by atoms with Crippen LogP contribution in [-0.2, 0) is 60.5 Å². The van der Waals surface area contributed by atoms with Crippen molar-refractivity contribution in [1.29, 1.82) is 0 Å². The van der Waals surface area contributed by atoms with Gasteiger partial charge in [-0.2, -0.15) is 0 Å². The SMILES string of the molecule is [3H]c1ncc(C#CCOCC(=O)NCc2cn(CCOCCOCCOCCOCCOCCOCCOCCOCCO)nn2)cn1. The molecule has 17 heteroatoms. The first kappa shape index (κ1) is 38.3. The Morgan fingerprint density at radius 3 is 1.74 bits per heavy atom. The first-order valence-electron chi connectivity index (χ1n) is 15.9. The number of hydrogen-bond acceptors (Lipinski definition) is 15. The van der Waals surface area contributed by atoms with E-state index in [2.05, 4.69) is 37.4 Å². The predicted octanol–water partition coefficient (Wildman–Crippen LogP) is -1.12. The normalized spacial score (nSPS) is 11.3. The molecular weight excluding hydrogens is 620 g/mol. The molecule has 0 aliphatic rings. The number of carbonyl (C=O) groups is 1. The average Bonchev–Trinajstić information content (AvgIpc) is 3.55. The molecule has 17 nitrogen and oxygen atoms in total. The smallest absolute Gasteiger partial charge is 0.246 e. The number of aromatic nitrogens is 5. The molecule has 2 heterocycles. The fourth-order valence-corrected chi connectivity index (χ4v) is 3.29. The van der Waals surface area contributed by atoms with Crippen molar-refractivity contribution in [3.05, 3.63) is 36.2 Å². The molecule has 0 saturated heterocycles. The van der Waals surface area contributed by atoms with Crippen molar-refractivity contribution in [3.8, 4) is 11.8 Å². The molecule has 264 valence electrons. The minimum absolute atomic E-state index is 0.0161. The largest absolute Gasteiger partial charge is 0.394 e. The van der Waals surface area contributed by atoms with Crippen molar-refractivity contribution < 1.29 is 53.9 Å². The molecule has 2 N–H and O–H groups in total. The summed E-state index contributed by atoms with van der Waals surface area (Å²) in [5, 5.41) is 19.4. The van der Waals surface area contributed by atoms with E-state index in [9.17, 15) is 4.79 Å². The van der Waals surface area contributed by atoms with Crippen LogP contribution in [0, 0.1) is 11.8 Å². The summed E-state index contributed by atoms with van der Waals surface area (Å²) in [4.78, 5) is 19.4. The molecule has 0 spiro atoms. The zero-order valence-electron chi connectivity index (χ0n) is 27.8. The molecule has 0 unspecified atom stereocenters. The van der Waals surface area contributed by atoms with Crippen molar-refractivity contribution in [2.24, 2.45) is 0 Å². The summed E-state index contributed by atoms with van der Waals surface area (Å²) in [7, 11) is 0. The third-order valence-corrected chi connectivity index (χ3v) is 5.52. The third-order valence-electron chi connectivity index (χ3n) is 5.52. The molecule has 0 aliphatic heterocycles. The van der Waals surface area contributed by atoms with Crippen LogP contribution in [0.15, 0.2) is 24.9 Å². The lowest BCUT2D eigenvalue weighted by atomic mass is 10.3.